The van der Waals surface area contributed by atoms with E-state index in [-0.39, 0.29) is 11.3 Å². The van der Waals surface area contributed by atoms with Gasteiger partial charge in [-0.3, -0.25) is 0 Å². The standard InChI is InChI=1S/C12H8BrF3O2/c13-10-6-5-9(18-10)11(17)7-3-1-2-4-8(7)12(14,15)16/h1-6,11,17H. The molecule has 0 aliphatic rings. The molecule has 0 radical (unpaired) electrons. The summed E-state index contributed by atoms with van der Waals surface area (Å²) in [6.07, 6.45) is -5.96. The number of alkyl halides is 3. The molecule has 1 unspecified atom stereocenters. The fraction of sp³-hybridized carbons (Fsp3) is 0.167. The van der Waals surface area contributed by atoms with Crippen LogP contribution in [-0.4, -0.2) is 5.11 Å². The van der Waals surface area contributed by atoms with E-state index in [9.17, 15) is 18.3 Å². The lowest BCUT2D eigenvalue weighted by Gasteiger charge is -2.15. The summed E-state index contributed by atoms with van der Waals surface area (Å²) in [5.41, 5.74) is -1.10. The molecular weight excluding hydrogens is 313 g/mol. The summed E-state index contributed by atoms with van der Waals surface area (Å²) < 4.78 is 43.8. The van der Waals surface area contributed by atoms with E-state index in [4.69, 9.17) is 4.42 Å². The van der Waals surface area contributed by atoms with E-state index >= 15 is 0 Å². The Morgan fingerprint density at radius 2 is 1.78 bits per heavy atom. The molecule has 2 aromatic rings. The minimum absolute atomic E-state index is 0.0542. The highest BCUT2D eigenvalue weighted by Crippen LogP contribution is 2.37. The maximum absolute atomic E-state index is 12.8. The summed E-state index contributed by atoms with van der Waals surface area (Å²) in [5, 5.41) is 9.93. The molecule has 0 fully saturated rings. The molecule has 18 heavy (non-hydrogen) atoms. The van der Waals surface area contributed by atoms with Crippen molar-refractivity contribution in [2.24, 2.45) is 0 Å². The van der Waals surface area contributed by atoms with Crippen molar-refractivity contribution in [3.8, 4) is 0 Å². The summed E-state index contributed by atoms with van der Waals surface area (Å²) in [7, 11) is 0. The number of benzene rings is 1. The van der Waals surface area contributed by atoms with Crippen LogP contribution in [0, 0.1) is 0 Å². The Morgan fingerprint density at radius 3 is 2.33 bits per heavy atom. The number of furan rings is 1. The van der Waals surface area contributed by atoms with Gasteiger partial charge in [-0.25, -0.2) is 0 Å². The molecule has 1 aromatic heterocycles. The Hall–Kier alpha value is -1.27. The molecule has 1 N–H and O–H groups in total. The Labute approximate surface area is 109 Å². The van der Waals surface area contributed by atoms with Gasteiger partial charge < -0.3 is 9.52 Å². The summed E-state index contributed by atoms with van der Waals surface area (Å²) in [5.74, 6) is 0.0542. The van der Waals surface area contributed by atoms with Gasteiger partial charge in [0.1, 0.15) is 11.9 Å². The minimum Gasteiger partial charge on any atom is -0.451 e. The number of aliphatic hydroxyl groups excluding tert-OH is 1. The zero-order chi connectivity index (χ0) is 13.3. The van der Waals surface area contributed by atoms with Gasteiger partial charge in [-0.2, -0.15) is 13.2 Å². The van der Waals surface area contributed by atoms with E-state index in [0.29, 0.717) is 4.67 Å². The van der Waals surface area contributed by atoms with Crippen molar-refractivity contribution in [1.82, 2.24) is 0 Å². The second-order valence-corrected chi connectivity index (χ2v) is 4.41. The van der Waals surface area contributed by atoms with E-state index in [2.05, 4.69) is 15.9 Å². The topological polar surface area (TPSA) is 33.4 Å². The first kappa shape index (κ1) is 13.2. The number of aliphatic hydroxyl groups is 1. The highest BCUT2D eigenvalue weighted by Gasteiger charge is 2.35. The van der Waals surface area contributed by atoms with E-state index < -0.39 is 17.8 Å². The SMILES string of the molecule is OC(c1ccc(Br)o1)c1ccccc1C(F)(F)F. The second-order valence-electron chi connectivity index (χ2n) is 3.63. The summed E-state index contributed by atoms with van der Waals surface area (Å²) in [6, 6.07) is 7.79. The molecule has 0 saturated carbocycles. The van der Waals surface area contributed by atoms with Gasteiger partial charge in [0, 0.05) is 5.56 Å². The lowest BCUT2D eigenvalue weighted by Crippen LogP contribution is -2.12. The van der Waals surface area contributed by atoms with Gasteiger partial charge in [0.05, 0.1) is 5.56 Å². The first-order valence-electron chi connectivity index (χ1n) is 4.99. The van der Waals surface area contributed by atoms with Crippen molar-refractivity contribution in [2.45, 2.75) is 12.3 Å². The molecule has 1 heterocycles. The van der Waals surface area contributed by atoms with Crippen molar-refractivity contribution in [2.75, 3.05) is 0 Å². The van der Waals surface area contributed by atoms with Crippen LogP contribution in [-0.2, 0) is 6.18 Å². The molecule has 0 spiro atoms. The Bertz CT molecular complexity index is 548. The van der Waals surface area contributed by atoms with E-state index in [1.165, 1.54) is 30.3 Å². The quantitative estimate of drug-likeness (QED) is 0.902. The van der Waals surface area contributed by atoms with Gasteiger partial charge in [0.25, 0.3) is 0 Å². The van der Waals surface area contributed by atoms with Gasteiger partial charge >= 0.3 is 6.18 Å². The first-order chi connectivity index (χ1) is 8.39. The van der Waals surface area contributed by atoms with Gasteiger partial charge in [0.2, 0.25) is 0 Å². The van der Waals surface area contributed by atoms with Crippen LogP contribution < -0.4 is 0 Å². The molecule has 1 atom stereocenters. The molecule has 2 nitrogen and oxygen atoms in total. The maximum Gasteiger partial charge on any atom is 0.416 e. The average Bonchev–Trinajstić information content (AvgIpc) is 2.74. The molecule has 96 valence electrons. The molecular formula is C12H8BrF3O2. The molecule has 0 saturated heterocycles. The summed E-state index contributed by atoms with van der Waals surface area (Å²) >= 11 is 3.03. The fourth-order valence-electron chi connectivity index (χ4n) is 1.62. The Morgan fingerprint density at radius 1 is 1.11 bits per heavy atom. The monoisotopic (exact) mass is 320 g/mol. The van der Waals surface area contributed by atoms with Crippen LogP contribution in [0.1, 0.15) is 23.0 Å². The smallest absolute Gasteiger partial charge is 0.416 e. The second kappa shape index (κ2) is 4.78. The van der Waals surface area contributed by atoms with Crippen molar-refractivity contribution < 1.29 is 22.7 Å². The third-order valence-electron chi connectivity index (χ3n) is 2.42. The van der Waals surface area contributed by atoms with Crippen molar-refractivity contribution in [3.05, 3.63) is 58.0 Å². The molecule has 0 aliphatic heterocycles. The molecule has 0 aliphatic carbocycles. The van der Waals surface area contributed by atoms with Gasteiger partial charge in [0.15, 0.2) is 4.67 Å². The molecule has 6 heteroatoms. The third-order valence-corrected chi connectivity index (χ3v) is 2.85. The van der Waals surface area contributed by atoms with E-state index in [0.717, 1.165) is 6.07 Å². The van der Waals surface area contributed by atoms with Gasteiger partial charge in [-0.15, -0.1) is 0 Å². The predicted octanol–water partition coefficient (Wildman–Crippen LogP) is 4.14. The largest absolute Gasteiger partial charge is 0.451 e. The summed E-state index contributed by atoms with van der Waals surface area (Å²) in [6.45, 7) is 0. The van der Waals surface area contributed by atoms with Crippen molar-refractivity contribution >= 4 is 15.9 Å². The van der Waals surface area contributed by atoms with Crippen molar-refractivity contribution in [3.63, 3.8) is 0 Å². The third kappa shape index (κ3) is 2.59. The number of halogens is 4. The van der Waals surface area contributed by atoms with Crippen LogP contribution >= 0.6 is 15.9 Å². The first-order valence-corrected chi connectivity index (χ1v) is 5.78. The maximum atomic E-state index is 12.8. The number of hydrogen-bond donors (Lipinski definition) is 1. The van der Waals surface area contributed by atoms with Crippen LogP contribution in [0.5, 0.6) is 0 Å². The zero-order valence-electron chi connectivity index (χ0n) is 8.91. The average molecular weight is 321 g/mol. The van der Waals surface area contributed by atoms with Crippen LogP contribution in [0.2, 0.25) is 0 Å². The van der Waals surface area contributed by atoms with Gasteiger partial charge in [-0.05, 0) is 34.1 Å². The highest BCUT2D eigenvalue weighted by molar-refractivity contribution is 9.10. The number of rotatable bonds is 2. The predicted molar refractivity (Wildman–Crippen MR) is 61.9 cm³/mol. The van der Waals surface area contributed by atoms with E-state index in [1.807, 2.05) is 0 Å². The lowest BCUT2D eigenvalue weighted by atomic mass is 10.0. The molecule has 2 rings (SSSR count). The normalized spacial score (nSPS) is 13.6. The van der Waals surface area contributed by atoms with Crippen LogP contribution in [0.15, 0.2) is 45.5 Å². The number of hydrogen-bond acceptors (Lipinski definition) is 2. The van der Waals surface area contributed by atoms with Crippen LogP contribution in [0.25, 0.3) is 0 Å². The zero-order valence-corrected chi connectivity index (χ0v) is 10.5. The summed E-state index contributed by atoms with van der Waals surface area (Å²) in [4.78, 5) is 0. The lowest BCUT2D eigenvalue weighted by molar-refractivity contribution is -0.139. The highest BCUT2D eigenvalue weighted by atomic mass is 79.9. The Kier molecular flexibility index (Phi) is 3.49. The fourth-order valence-corrected chi connectivity index (χ4v) is 1.94. The van der Waals surface area contributed by atoms with Gasteiger partial charge in [-0.1, -0.05) is 18.2 Å². The molecule has 0 bridgehead atoms. The van der Waals surface area contributed by atoms with Crippen LogP contribution in [0.3, 0.4) is 0 Å². The van der Waals surface area contributed by atoms with E-state index in [1.54, 1.807) is 0 Å². The molecule has 0 amide bonds. The molecule has 1 aromatic carbocycles. The van der Waals surface area contributed by atoms with Crippen molar-refractivity contribution in [1.29, 1.82) is 0 Å². The van der Waals surface area contributed by atoms with Crippen LogP contribution in [0.4, 0.5) is 13.2 Å². The minimum atomic E-state index is -4.51. The Balaban J connectivity index is 2.45.